The molecule has 0 saturated heterocycles. The molecular weight excluding hydrogens is 492 g/mol. The number of hydrogen-bond donors (Lipinski definition) is 1. The van der Waals surface area contributed by atoms with E-state index < -0.39 is 25.7 Å². The molecular formula is C13H18Br2O7S2. The summed E-state index contributed by atoms with van der Waals surface area (Å²) in [5.41, 5.74) is -0.382. The summed E-state index contributed by atoms with van der Waals surface area (Å²) in [6.07, 6.45) is 2.09. The van der Waals surface area contributed by atoms with Crippen LogP contribution in [-0.2, 0) is 29.8 Å². The minimum atomic E-state index is -3.80. The first-order valence-corrected chi connectivity index (χ1v) is 11.8. The van der Waals surface area contributed by atoms with E-state index in [0.717, 1.165) is 12.5 Å². The van der Waals surface area contributed by atoms with Gasteiger partial charge in [0.1, 0.15) is 11.5 Å². The van der Waals surface area contributed by atoms with E-state index in [0.29, 0.717) is 5.56 Å². The molecule has 11 heteroatoms. The first-order chi connectivity index (χ1) is 10.6. The maximum Gasteiger partial charge on any atom is 0.306 e. The number of rotatable bonds is 7. The average molecular weight is 510 g/mol. The van der Waals surface area contributed by atoms with Crippen LogP contribution in [-0.4, -0.2) is 41.1 Å². The highest BCUT2D eigenvalue weighted by Gasteiger charge is 2.31. The topological polar surface area (TPSA) is 107 Å². The van der Waals surface area contributed by atoms with Crippen LogP contribution in [0, 0.1) is 0 Å². The third-order valence-electron chi connectivity index (χ3n) is 3.10. The second-order valence-corrected chi connectivity index (χ2v) is 10.7. The van der Waals surface area contributed by atoms with Crippen LogP contribution in [0.3, 0.4) is 0 Å². The lowest BCUT2D eigenvalue weighted by Gasteiger charge is -2.28. The predicted octanol–water partition coefficient (Wildman–Crippen LogP) is 2.90. The second kappa shape index (κ2) is 7.48. The van der Waals surface area contributed by atoms with Gasteiger partial charge in [-0.3, -0.25) is 4.18 Å². The van der Waals surface area contributed by atoms with Crippen LogP contribution in [0.2, 0.25) is 0 Å². The summed E-state index contributed by atoms with van der Waals surface area (Å²) in [4.78, 5) is 0. The Labute approximate surface area is 158 Å². The molecule has 1 rings (SSSR count). The van der Waals surface area contributed by atoms with Crippen LogP contribution in [0.15, 0.2) is 15.0 Å². The Morgan fingerprint density at radius 2 is 1.67 bits per heavy atom. The molecule has 0 aliphatic heterocycles. The van der Waals surface area contributed by atoms with Crippen LogP contribution in [0.5, 0.6) is 11.5 Å². The van der Waals surface area contributed by atoms with Gasteiger partial charge < -0.3 is 9.29 Å². The Morgan fingerprint density at radius 1 is 1.12 bits per heavy atom. The molecule has 0 fully saturated rings. The lowest BCUT2D eigenvalue weighted by atomic mass is 9.81. The Bertz CT molecular complexity index is 830. The molecule has 0 atom stereocenters. The lowest BCUT2D eigenvalue weighted by Crippen LogP contribution is -2.23. The number of phenolic OH excluding ortho intramolecular Hbond substituents is 1. The van der Waals surface area contributed by atoms with Crippen molar-refractivity contribution in [2.75, 3.05) is 19.1 Å². The summed E-state index contributed by atoms with van der Waals surface area (Å²) >= 11 is 6.37. The molecule has 1 aromatic carbocycles. The SMILES string of the molecule is CC(C)(CCOS(C)(=O)=O)c1c(OS(C)(=O)=O)cc(Br)c(O)c1Br. The molecule has 1 N–H and O–H groups in total. The van der Waals surface area contributed by atoms with Crippen LogP contribution in [0.4, 0.5) is 0 Å². The quantitative estimate of drug-likeness (QED) is 0.563. The molecule has 0 unspecified atom stereocenters. The van der Waals surface area contributed by atoms with Gasteiger partial charge in [-0.15, -0.1) is 0 Å². The van der Waals surface area contributed by atoms with E-state index in [2.05, 4.69) is 31.9 Å². The highest BCUT2D eigenvalue weighted by molar-refractivity contribution is 9.11. The molecule has 0 spiro atoms. The summed E-state index contributed by atoms with van der Waals surface area (Å²) in [7, 11) is -7.39. The lowest BCUT2D eigenvalue weighted by molar-refractivity contribution is 0.277. The van der Waals surface area contributed by atoms with Crippen LogP contribution in [0.25, 0.3) is 0 Å². The summed E-state index contributed by atoms with van der Waals surface area (Å²) < 4.78 is 55.5. The monoisotopic (exact) mass is 508 g/mol. The van der Waals surface area contributed by atoms with Gasteiger partial charge in [-0.2, -0.15) is 16.8 Å². The Hall–Kier alpha value is -0.360. The first kappa shape index (κ1) is 21.7. The van der Waals surface area contributed by atoms with E-state index in [1.165, 1.54) is 6.07 Å². The van der Waals surface area contributed by atoms with Gasteiger partial charge in [0.25, 0.3) is 10.1 Å². The molecule has 0 aromatic heterocycles. The molecule has 1 aromatic rings. The van der Waals surface area contributed by atoms with E-state index in [1.807, 2.05) is 0 Å². The molecule has 0 radical (unpaired) electrons. The maximum absolute atomic E-state index is 11.5. The summed E-state index contributed by atoms with van der Waals surface area (Å²) in [6, 6.07) is 1.34. The van der Waals surface area contributed by atoms with Crippen LogP contribution < -0.4 is 4.18 Å². The van der Waals surface area contributed by atoms with Gasteiger partial charge in [-0.1, -0.05) is 13.8 Å². The van der Waals surface area contributed by atoms with Crippen molar-refractivity contribution in [1.82, 2.24) is 0 Å². The van der Waals surface area contributed by atoms with Gasteiger partial charge in [-0.25, -0.2) is 0 Å². The smallest absolute Gasteiger partial charge is 0.306 e. The molecule has 7 nitrogen and oxygen atoms in total. The minimum Gasteiger partial charge on any atom is -0.506 e. The van der Waals surface area contributed by atoms with Gasteiger partial charge in [-0.05, 0) is 43.7 Å². The predicted molar refractivity (Wildman–Crippen MR) is 97.4 cm³/mol. The van der Waals surface area contributed by atoms with E-state index in [1.54, 1.807) is 13.8 Å². The van der Waals surface area contributed by atoms with Crippen molar-refractivity contribution < 1.29 is 30.3 Å². The van der Waals surface area contributed by atoms with Gasteiger partial charge in [0.2, 0.25) is 0 Å². The van der Waals surface area contributed by atoms with E-state index in [-0.39, 0.29) is 33.5 Å². The van der Waals surface area contributed by atoms with Crippen molar-refractivity contribution in [3.8, 4) is 11.5 Å². The Morgan fingerprint density at radius 3 is 2.12 bits per heavy atom. The van der Waals surface area contributed by atoms with Crippen molar-refractivity contribution >= 4 is 52.1 Å². The Kier molecular flexibility index (Phi) is 6.76. The fourth-order valence-corrected chi connectivity index (χ4v) is 4.48. The number of hydrogen-bond acceptors (Lipinski definition) is 7. The molecule has 0 saturated carbocycles. The maximum atomic E-state index is 11.5. The van der Waals surface area contributed by atoms with Crippen molar-refractivity contribution in [2.45, 2.75) is 25.7 Å². The molecule has 0 aliphatic carbocycles. The van der Waals surface area contributed by atoms with Crippen LogP contribution >= 0.6 is 31.9 Å². The van der Waals surface area contributed by atoms with Crippen molar-refractivity contribution in [3.63, 3.8) is 0 Å². The molecule has 24 heavy (non-hydrogen) atoms. The zero-order chi connectivity index (χ0) is 18.9. The average Bonchev–Trinajstić information content (AvgIpc) is 2.31. The molecule has 0 aliphatic rings. The third kappa shape index (κ3) is 6.17. The van der Waals surface area contributed by atoms with Gasteiger partial charge in [0, 0.05) is 11.6 Å². The van der Waals surface area contributed by atoms with E-state index in [9.17, 15) is 21.9 Å². The summed E-state index contributed by atoms with van der Waals surface area (Å²) in [5.74, 6) is -0.0960. The molecule has 0 amide bonds. The second-order valence-electron chi connectivity index (χ2n) is 5.84. The number of halogens is 2. The van der Waals surface area contributed by atoms with Crippen molar-refractivity contribution in [2.24, 2.45) is 0 Å². The summed E-state index contributed by atoms with van der Waals surface area (Å²) in [6.45, 7) is 3.40. The van der Waals surface area contributed by atoms with Crippen molar-refractivity contribution in [1.29, 1.82) is 0 Å². The minimum absolute atomic E-state index is 0.0263. The van der Waals surface area contributed by atoms with Crippen molar-refractivity contribution in [3.05, 3.63) is 20.6 Å². The van der Waals surface area contributed by atoms with Gasteiger partial charge in [0.05, 0.1) is 28.1 Å². The molecule has 0 heterocycles. The van der Waals surface area contributed by atoms with Gasteiger partial charge in [0.15, 0.2) is 0 Å². The fourth-order valence-electron chi connectivity index (χ4n) is 2.02. The molecule has 0 bridgehead atoms. The number of phenols is 1. The fraction of sp³-hybridized carbons (Fsp3) is 0.538. The zero-order valence-corrected chi connectivity index (χ0v) is 18.3. The first-order valence-electron chi connectivity index (χ1n) is 6.59. The standard InChI is InChI=1S/C13H18Br2O7S2/c1-13(2,5-6-21-23(3,17)18)10-9(22-24(4,19)20)7-8(14)12(16)11(10)15/h7,16H,5-6H2,1-4H3. The van der Waals surface area contributed by atoms with Gasteiger partial charge >= 0.3 is 10.1 Å². The van der Waals surface area contributed by atoms with E-state index in [4.69, 9.17) is 8.37 Å². The van der Waals surface area contributed by atoms with Crippen LogP contribution in [0.1, 0.15) is 25.8 Å². The largest absolute Gasteiger partial charge is 0.506 e. The highest BCUT2D eigenvalue weighted by atomic mass is 79.9. The number of aromatic hydroxyl groups is 1. The van der Waals surface area contributed by atoms with E-state index >= 15 is 0 Å². The Balaban J connectivity index is 3.35. The number of benzene rings is 1. The highest BCUT2D eigenvalue weighted by Crippen LogP contribution is 2.47. The zero-order valence-electron chi connectivity index (χ0n) is 13.5. The normalized spacial score (nSPS) is 13.1. The third-order valence-corrected chi connectivity index (χ3v) is 5.55. The molecule has 138 valence electrons. The summed E-state index contributed by atoms with van der Waals surface area (Å²) in [5, 5.41) is 10.1.